The summed E-state index contributed by atoms with van der Waals surface area (Å²) in [6.07, 6.45) is 3.69. The number of hydrogen-bond acceptors (Lipinski definition) is 4. The molecule has 39 heavy (non-hydrogen) atoms. The summed E-state index contributed by atoms with van der Waals surface area (Å²) in [4.78, 5) is 36.1. The van der Waals surface area contributed by atoms with Crippen molar-refractivity contribution in [3.05, 3.63) is 76.9 Å². The van der Waals surface area contributed by atoms with Gasteiger partial charge in [0.15, 0.2) is 11.6 Å². The molecule has 0 unspecified atom stereocenters. The summed E-state index contributed by atoms with van der Waals surface area (Å²) < 4.78 is 34.8. The highest BCUT2D eigenvalue weighted by Crippen LogP contribution is 2.41. The van der Waals surface area contributed by atoms with Gasteiger partial charge < -0.3 is 20.5 Å². The van der Waals surface area contributed by atoms with E-state index in [2.05, 4.69) is 22.8 Å². The van der Waals surface area contributed by atoms with E-state index in [4.69, 9.17) is 9.84 Å². The maximum atomic E-state index is 14.6. The van der Waals surface area contributed by atoms with Crippen molar-refractivity contribution in [2.45, 2.75) is 50.5 Å². The number of amides is 2. The fourth-order valence-electron chi connectivity index (χ4n) is 5.03. The Kier molecular flexibility index (Phi) is 7.77. The third-order valence-corrected chi connectivity index (χ3v) is 7.48. The number of rotatable bonds is 9. The SMILES string of the molecule is O=C(NCCNC(=O)c1ccc(OC2CCC(C(=O)O)CC2)c(F)c1F)c1ccc2cc(C3CC3)ccc2c1. The van der Waals surface area contributed by atoms with Crippen molar-refractivity contribution in [1.82, 2.24) is 10.6 Å². The molecule has 3 aromatic carbocycles. The molecule has 0 radical (unpaired) electrons. The molecule has 0 bridgehead atoms. The number of aliphatic carboxylic acids is 1. The molecule has 3 N–H and O–H groups in total. The Balaban J connectivity index is 1.10. The van der Waals surface area contributed by atoms with Gasteiger partial charge in [0.1, 0.15) is 0 Å². The van der Waals surface area contributed by atoms with Gasteiger partial charge in [-0.2, -0.15) is 4.39 Å². The highest BCUT2D eigenvalue weighted by atomic mass is 19.2. The molecular weight excluding hydrogens is 506 g/mol. The fourth-order valence-corrected chi connectivity index (χ4v) is 5.03. The minimum Gasteiger partial charge on any atom is -0.487 e. The van der Waals surface area contributed by atoms with Gasteiger partial charge in [-0.15, -0.1) is 0 Å². The molecule has 2 amide bonds. The van der Waals surface area contributed by atoms with Gasteiger partial charge in [0, 0.05) is 18.7 Å². The molecule has 5 rings (SSSR count). The molecule has 204 valence electrons. The summed E-state index contributed by atoms with van der Waals surface area (Å²) in [5, 5.41) is 16.3. The number of halogens is 2. The number of carboxylic acids is 1. The Morgan fingerprint density at radius 3 is 2.15 bits per heavy atom. The number of ether oxygens (including phenoxy) is 1. The molecular formula is C30H30F2N2O5. The van der Waals surface area contributed by atoms with Crippen LogP contribution < -0.4 is 15.4 Å². The van der Waals surface area contributed by atoms with E-state index in [1.54, 1.807) is 6.07 Å². The van der Waals surface area contributed by atoms with Crippen molar-refractivity contribution in [2.75, 3.05) is 13.1 Å². The first-order valence-corrected chi connectivity index (χ1v) is 13.3. The zero-order valence-corrected chi connectivity index (χ0v) is 21.3. The van der Waals surface area contributed by atoms with Gasteiger partial charge in [-0.3, -0.25) is 14.4 Å². The number of carboxylic acid groups (broad SMARTS) is 1. The Labute approximate surface area is 224 Å². The van der Waals surface area contributed by atoms with Crippen LogP contribution in [0.1, 0.15) is 70.7 Å². The van der Waals surface area contributed by atoms with Crippen LogP contribution in [-0.4, -0.2) is 42.1 Å². The van der Waals surface area contributed by atoms with Crippen molar-refractivity contribution < 1.29 is 33.0 Å². The first-order chi connectivity index (χ1) is 18.8. The van der Waals surface area contributed by atoms with Crippen LogP contribution >= 0.6 is 0 Å². The van der Waals surface area contributed by atoms with Gasteiger partial charge in [0.2, 0.25) is 5.82 Å². The van der Waals surface area contributed by atoms with Gasteiger partial charge in [0.05, 0.1) is 17.6 Å². The minimum absolute atomic E-state index is 0.0228. The Bertz CT molecular complexity index is 1410. The third-order valence-electron chi connectivity index (χ3n) is 7.48. The summed E-state index contributed by atoms with van der Waals surface area (Å²) in [6, 6.07) is 14.1. The van der Waals surface area contributed by atoms with E-state index in [0.717, 1.165) is 16.8 Å². The summed E-state index contributed by atoms with van der Waals surface area (Å²) in [7, 11) is 0. The minimum atomic E-state index is -1.32. The van der Waals surface area contributed by atoms with Gasteiger partial charge in [-0.1, -0.05) is 24.3 Å². The quantitative estimate of drug-likeness (QED) is 0.327. The van der Waals surface area contributed by atoms with Crippen molar-refractivity contribution in [1.29, 1.82) is 0 Å². The van der Waals surface area contributed by atoms with Crippen molar-refractivity contribution in [3.8, 4) is 5.75 Å². The monoisotopic (exact) mass is 536 g/mol. The molecule has 0 heterocycles. The molecule has 3 aromatic rings. The lowest BCUT2D eigenvalue weighted by Crippen LogP contribution is -2.35. The molecule has 0 aromatic heterocycles. The third kappa shape index (κ3) is 6.19. The molecule has 0 aliphatic heterocycles. The average molecular weight is 537 g/mol. The van der Waals surface area contributed by atoms with Crippen molar-refractivity contribution in [2.24, 2.45) is 5.92 Å². The second-order valence-electron chi connectivity index (χ2n) is 10.3. The lowest BCUT2D eigenvalue weighted by Gasteiger charge is -2.27. The van der Waals surface area contributed by atoms with Gasteiger partial charge in [0.25, 0.3) is 11.8 Å². The molecule has 2 aliphatic carbocycles. The maximum Gasteiger partial charge on any atom is 0.306 e. The number of nitrogens with one attached hydrogen (secondary N) is 2. The zero-order chi connectivity index (χ0) is 27.5. The molecule has 7 nitrogen and oxygen atoms in total. The average Bonchev–Trinajstić information content (AvgIpc) is 3.79. The number of carbonyl (C=O) groups is 3. The van der Waals surface area contributed by atoms with Crippen LogP contribution in [0.5, 0.6) is 5.75 Å². The predicted molar refractivity (Wildman–Crippen MR) is 141 cm³/mol. The number of fused-ring (bicyclic) bond motifs is 1. The smallest absolute Gasteiger partial charge is 0.306 e. The summed E-state index contributed by atoms with van der Waals surface area (Å²) >= 11 is 0. The van der Waals surface area contributed by atoms with Crippen LogP contribution in [0, 0.1) is 17.6 Å². The maximum absolute atomic E-state index is 14.6. The predicted octanol–water partition coefficient (Wildman–Crippen LogP) is 5.18. The van der Waals surface area contributed by atoms with E-state index in [1.165, 1.54) is 24.5 Å². The highest BCUT2D eigenvalue weighted by molar-refractivity contribution is 5.99. The zero-order valence-electron chi connectivity index (χ0n) is 21.3. The molecule has 0 spiro atoms. The topological polar surface area (TPSA) is 105 Å². The van der Waals surface area contributed by atoms with Crippen LogP contribution in [-0.2, 0) is 4.79 Å². The Morgan fingerprint density at radius 1 is 0.795 bits per heavy atom. The molecule has 0 atom stereocenters. The first kappa shape index (κ1) is 26.6. The standard InChI is InChI=1S/C30H30F2N2O5/c31-26-24(11-12-25(27(26)32)39-23-9-7-18(8-10-23)30(37)38)29(36)34-14-13-33-28(35)22-6-5-20-15-19(17-1-2-17)3-4-21(20)16-22/h3-6,11-12,15-18,23H,1-2,7-10,13-14H2,(H,33,35)(H,34,36)(H,37,38). The molecule has 0 saturated heterocycles. The van der Waals surface area contributed by atoms with E-state index in [0.29, 0.717) is 37.2 Å². The molecule has 9 heteroatoms. The summed E-state index contributed by atoms with van der Waals surface area (Å²) in [5.41, 5.74) is 1.35. The Morgan fingerprint density at radius 2 is 1.46 bits per heavy atom. The van der Waals surface area contributed by atoms with Gasteiger partial charge in [-0.25, -0.2) is 4.39 Å². The normalized spacial score (nSPS) is 18.9. The van der Waals surface area contributed by atoms with E-state index in [9.17, 15) is 23.2 Å². The Hall–Kier alpha value is -4.01. The van der Waals surface area contributed by atoms with Crippen molar-refractivity contribution >= 4 is 28.6 Å². The van der Waals surface area contributed by atoms with Crippen LogP contribution in [0.25, 0.3) is 10.8 Å². The number of carbonyl (C=O) groups excluding carboxylic acids is 2. The number of benzene rings is 3. The second kappa shape index (κ2) is 11.4. The van der Waals surface area contributed by atoms with Crippen LogP contribution in [0.15, 0.2) is 48.5 Å². The molecule has 2 aliphatic rings. The molecule has 2 fully saturated rings. The fraction of sp³-hybridized carbons (Fsp3) is 0.367. The van der Waals surface area contributed by atoms with Gasteiger partial charge >= 0.3 is 5.97 Å². The largest absolute Gasteiger partial charge is 0.487 e. The summed E-state index contributed by atoms with van der Waals surface area (Å²) in [5.74, 6) is -4.67. The van der Waals surface area contributed by atoms with Crippen LogP contribution in [0.3, 0.4) is 0 Å². The van der Waals surface area contributed by atoms with E-state index in [1.807, 2.05) is 18.2 Å². The van der Waals surface area contributed by atoms with Crippen LogP contribution in [0.2, 0.25) is 0 Å². The van der Waals surface area contributed by atoms with E-state index >= 15 is 0 Å². The second-order valence-corrected chi connectivity index (χ2v) is 10.3. The highest BCUT2D eigenvalue weighted by Gasteiger charge is 2.28. The van der Waals surface area contributed by atoms with Crippen LogP contribution in [0.4, 0.5) is 8.78 Å². The first-order valence-electron chi connectivity index (χ1n) is 13.3. The summed E-state index contributed by atoms with van der Waals surface area (Å²) in [6.45, 7) is 0.128. The van der Waals surface area contributed by atoms with E-state index in [-0.39, 0.29) is 24.7 Å². The lowest BCUT2D eigenvalue weighted by atomic mass is 9.87. The van der Waals surface area contributed by atoms with Gasteiger partial charge in [-0.05, 0) is 85.0 Å². The van der Waals surface area contributed by atoms with E-state index < -0.39 is 41.1 Å². The van der Waals surface area contributed by atoms with Crippen molar-refractivity contribution in [3.63, 3.8) is 0 Å². The lowest BCUT2D eigenvalue weighted by molar-refractivity contribution is -0.143. The number of hydrogen-bond donors (Lipinski definition) is 3. The molecule has 2 saturated carbocycles.